The highest BCUT2D eigenvalue weighted by atomic mass is 16.7. The fraction of sp³-hybridized carbons (Fsp3) is 0.893. The van der Waals surface area contributed by atoms with Gasteiger partial charge in [0, 0.05) is 11.5 Å². The molecule has 0 aromatic carbocycles. The van der Waals surface area contributed by atoms with E-state index in [2.05, 4.69) is 6.92 Å². The number of cyclic esters (lactones) is 1. The number of hydrogen-bond donors (Lipinski definition) is 4. The van der Waals surface area contributed by atoms with E-state index in [1.807, 2.05) is 0 Å². The van der Waals surface area contributed by atoms with Crippen molar-refractivity contribution >= 4 is 5.97 Å². The molecule has 5 fully saturated rings. The molecule has 0 radical (unpaired) electrons. The normalized spacial score (nSPS) is 54.8. The van der Waals surface area contributed by atoms with Crippen LogP contribution < -0.4 is 0 Å². The van der Waals surface area contributed by atoms with Crippen LogP contribution in [0, 0.1) is 35.0 Å². The molecule has 6 rings (SSSR count). The van der Waals surface area contributed by atoms with Gasteiger partial charge < -0.3 is 34.6 Å². The van der Waals surface area contributed by atoms with Crippen molar-refractivity contribution in [3.63, 3.8) is 0 Å². The van der Waals surface area contributed by atoms with Crippen molar-refractivity contribution in [2.75, 3.05) is 6.61 Å². The largest absolute Gasteiger partial charge is 0.458 e. The predicted molar refractivity (Wildman–Crippen MR) is 128 cm³/mol. The van der Waals surface area contributed by atoms with E-state index in [1.54, 1.807) is 13.0 Å². The lowest BCUT2D eigenvalue weighted by Crippen LogP contribution is -2.60. The predicted octanol–water partition coefficient (Wildman–Crippen LogP) is 2.07. The Kier molecular flexibility index (Phi) is 6.33. The highest BCUT2D eigenvalue weighted by molar-refractivity contribution is 5.85. The van der Waals surface area contributed by atoms with Gasteiger partial charge in [0.2, 0.25) is 0 Å². The van der Waals surface area contributed by atoms with E-state index in [0.717, 1.165) is 63.4 Å². The molecule has 2 aliphatic heterocycles. The molecule has 202 valence electrons. The number of hydrogen-bond acceptors (Lipinski definition) is 8. The number of ether oxygens (including phenoxy) is 3. The second kappa shape index (κ2) is 9.02. The molecule has 0 amide bonds. The molecule has 8 nitrogen and oxygen atoms in total. The van der Waals surface area contributed by atoms with Gasteiger partial charge in [-0.15, -0.1) is 0 Å². The Morgan fingerprint density at radius 3 is 2.53 bits per heavy atom. The molecule has 1 saturated heterocycles. The van der Waals surface area contributed by atoms with Crippen LogP contribution in [0.3, 0.4) is 0 Å². The van der Waals surface area contributed by atoms with Gasteiger partial charge in [-0.2, -0.15) is 0 Å². The maximum atomic E-state index is 12.3. The van der Waals surface area contributed by atoms with Gasteiger partial charge in [-0.1, -0.05) is 6.92 Å². The van der Waals surface area contributed by atoms with Crippen LogP contribution >= 0.6 is 0 Å². The van der Waals surface area contributed by atoms with Gasteiger partial charge in [-0.25, -0.2) is 4.79 Å². The first-order valence-electron chi connectivity index (χ1n) is 14.1. The summed E-state index contributed by atoms with van der Waals surface area (Å²) < 4.78 is 17.1. The number of aliphatic hydroxyl groups excluding tert-OH is 3. The quantitative estimate of drug-likeness (QED) is 0.339. The molecule has 4 N–H and O–H groups in total. The molecule has 36 heavy (non-hydrogen) atoms. The van der Waals surface area contributed by atoms with E-state index in [4.69, 9.17) is 14.2 Å². The molecule has 4 saturated carbocycles. The van der Waals surface area contributed by atoms with Crippen molar-refractivity contribution in [3.05, 3.63) is 11.6 Å². The number of aliphatic hydroxyl groups is 4. The van der Waals surface area contributed by atoms with Gasteiger partial charge in [0.1, 0.15) is 24.9 Å². The number of rotatable bonds is 3. The molecular formula is C28H42O8. The highest BCUT2D eigenvalue weighted by Crippen LogP contribution is 2.67. The fourth-order valence-electron chi connectivity index (χ4n) is 9.41. The van der Waals surface area contributed by atoms with Crippen LogP contribution in [0.4, 0.5) is 0 Å². The molecule has 0 aromatic heterocycles. The maximum absolute atomic E-state index is 12.3. The summed E-state index contributed by atoms with van der Waals surface area (Å²) in [5.41, 5.74) is 0.165. The molecule has 4 aliphatic carbocycles. The van der Waals surface area contributed by atoms with Crippen LogP contribution in [0.2, 0.25) is 0 Å². The fourth-order valence-corrected chi connectivity index (χ4v) is 9.41. The van der Waals surface area contributed by atoms with E-state index in [9.17, 15) is 25.2 Å². The number of carbonyl (C=O) groups excluding carboxylic acids is 1. The van der Waals surface area contributed by atoms with Gasteiger partial charge in [-0.3, -0.25) is 0 Å². The first-order valence-corrected chi connectivity index (χ1v) is 14.1. The topological polar surface area (TPSA) is 126 Å². The van der Waals surface area contributed by atoms with Gasteiger partial charge >= 0.3 is 5.97 Å². The summed E-state index contributed by atoms with van der Waals surface area (Å²) in [7, 11) is 0. The second-order valence-corrected chi connectivity index (χ2v) is 12.8. The summed E-state index contributed by atoms with van der Waals surface area (Å²) in [6.45, 7) is 4.31. The molecule has 8 heteroatoms. The van der Waals surface area contributed by atoms with Crippen LogP contribution in [0.25, 0.3) is 0 Å². The Balaban J connectivity index is 1.13. The Hall–Kier alpha value is -1.03. The van der Waals surface area contributed by atoms with Crippen LogP contribution in [0.15, 0.2) is 11.6 Å². The average molecular weight is 507 g/mol. The first-order chi connectivity index (χ1) is 17.1. The summed E-state index contributed by atoms with van der Waals surface area (Å²) in [5, 5.41) is 42.7. The summed E-state index contributed by atoms with van der Waals surface area (Å²) >= 11 is 0. The van der Waals surface area contributed by atoms with Gasteiger partial charge in [0.25, 0.3) is 0 Å². The zero-order chi connectivity index (χ0) is 25.4. The van der Waals surface area contributed by atoms with Crippen molar-refractivity contribution in [2.24, 2.45) is 35.0 Å². The number of fused-ring (bicyclic) bond motifs is 5. The molecule has 0 spiro atoms. The highest BCUT2D eigenvalue weighted by Gasteiger charge is 2.66. The monoisotopic (exact) mass is 506 g/mol. The van der Waals surface area contributed by atoms with Crippen molar-refractivity contribution in [3.8, 4) is 0 Å². The summed E-state index contributed by atoms with van der Waals surface area (Å²) in [4.78, 5) is 11.7. The van der Waals surface area contributed by atoms with Crippen LogP contribution in [0.1, 0.15) is 71.6 Å². The van der Waals surface area contributed by atoms with Crippen molar-refractivity contribution < 1.29 is 39.4 Å². The lowest BCUT2D eigenvalue weighted by Gasteiger charge is -2.60. The smallest absolute Gasteiger partial charge is 0.331 e. The third kappa shape index (κ3) is 3.74. The van der Waals surface area contributed by atoms with Gasteiger partial charge in [0.15, 0.2) is 6.29 Å². The summed E-state index contributed by atoms with van der Waals surface area (Å²) in [6, 6.07) is 0. The Morgan fingerprint density at radius 1 is 0.972 bits per heavy atom. The minimum absolute atomic E-state index is 0.0447. The molecular weight excluding hydrogens is 464 g/mol. The van der Waals surface area contributed by atoms with E-state index in [0.29, 0.717) is 30.3 Å². The molecule has 2 heterocycles. The SMILES string of the molecule is C[C@@H]1O[C@@H](O[C@H]2CC[C@H]3[C@H](CC[C@@H]4[C@@H]3CC[C@]3(C)[C@@H](C5=CC(=O)OC5)CC[C@]43O)C2)[C@H](O)[C@H](O)[C@H]1O. The van der Waals surface area contributed by atoms with E-state index in [1.165, 1.54) is 0 Å². The van der Waals surface area contributed by atoms with Crippen molar-refractivity contribution in [2.45, 2.75) is 114 Å². The standard InChI is InChI=1S/C28H42O8/c1-14-23(30)24(31)25(32)26(35-14)36-17-4-5-18-15(11-17)3-6-21-19(18)7-9-27(2)20(8-10-28(21,27)33)16-12-22(29)34-13-16/h12,14-15,17-21,23-26,30-33H,3-11,13H2,1-2H3/t14-,15+,17-,18-,19+,20+,21+,23-,24+,25+,26-,27+,28-/m0/s1. The lowest BCUT2D eigenvalue weighted by atomic mass is 9.47. The van der Waals surface area contributed by atoms with E-state index in [-0.39, 0.29) is 23.4 Å². The lowest BCUT2D eigenvalue weighted by molar-refractivity contribution is -0.308. The number of esters is 1. The van der Waals surface area contributed by atoms with Crippen molar-refractivity contribution in [1.29, 1.82) is 0 Å². The zero-order valence-electron chi connectivity index (χ0n) is 21.4. The minimum atomic E-state index is -1.28. The second-order valence-electron chi connectivity index (χ2n) is 12.8. The maximum Gasteiger partial charge on any atom is 0.331 e. The van der Waals surface area contributed by atoms with Crippen LogP contribution in [-0.2, 0) is 19.0 Å². The van der Waals surface area contributed by atoms with Crippen molar-refractivity contribution in [1.82, 2.24) is 0 Å². The summed E-state index contributed by atoms with van der Waals surface area (Å²) in [5.74, 6) is 1.85. The Morgan fingerprint density at radius 2 is 1.78 bits per heavy atom. The molecule has 13 atom stereocenters. The first kappa shape index (κ1) is 25.3. The Labute approximate surface area is 213 Å². The zero-order valence-corrected chi connectivity index (χ0v) is 21.4. The third-order valence-corrected chi connectivity index (χ3v) is 11.4. The van der Waals surface area contributed by atoms with Gasteiger partial charge in [0.05, 0.1) is 17.8 Å². The average Bonchev–Trinajstić information content (AvgIpc) is 3.40. The molecule has 0 unspecified atom stereocenters. The molecule has 0 aromatic rings. The van der Waals surface area contributed by atoms with E-state index < -0.39 is 36.3 Å². The van der Waals surface area contributed by atoms with E-state index >= 15 is 0 Å². The Bertz CT molecular complexity index is 906. The van der Waals surface area contributed by atoms with Crippen LogP contribution in [0.5, 0.6) is 0 Å². The molecule has 0 bridgehead atoms. The molecule has 6 aliphatic rings. The third-order valence-electron chi connectivity index (χ3n) is 11.4. The summed E-state index contributed by atoms with van der Waals surface area (Å²) in [6.07, 6.45) is 5.11. The minimum Gasteiger partial charge on any atom is -0.458 e. The van der Waals surface area contributed by atoms with Crippen LogP contribution in [-0.4, -0.2) is 75.4 Å². The van der Waals surface area contributed by atoms with Gasteiger partial charge in [-0.05, 0) is 99.9 Å². The number of carbonyl (C=O) groups is 1.